The Morgan fingerprint density at radius 3 is 1.85 bits per heavy atom. The van der Waals surface area contributed by atoms with Crippen LogP contribution in [0.5, 0.6) is 0 Å². The van der Waals surface area contributed by atoms with Crippen LogP contribution in [0.3, 0.4) is 0 Å². The fraction of sp³-hybridized carbons (Fsp3) is 0. The molecule has 0 aliphatic heterocycles. The van der Waals surface area contributed by atoms with Crippen molar-refractivity contribution in [3.8, 4) is 60.9 Å². The number of rotatable bonds is 6. The van der Waals surface area contributed by atoms with Crippen LogP contribution in [0.15, 0.2) is 188 Å². The fourth-order valence-corrected chi connectivity index (χ4v) is 8.36. The van der Waals surface area contributed by atoms with Crippen molar-refractivity contribution in [3.05, 3.63) is 188 Å². The Hall–Kier alpha value is -6.62. The number of benzene rings is 7. The van der Waals surface area contributed by atoms with Gasteiger partial charge < -0.3 is 4.57 Å². The molecule has 10 aromatic rings. The maximum absolute atomic E-state index is 5.21. The highest BCUT2D eigenvalue weighted by atomic mass is 32.1. The van der Waals surface area contributed by atoms with Crippen LogP contribution in [-0.4, -0.2) is 14.5 Å². The van der Waals surface area contributed by atoms with Crippen molar-refractivity contribution in [1.29, 1.82) is 0 Å². The Bertz CT molecular complexity index is 2840. The predicted octanol–water partition coefficient (Wildman–Crippen LogP) is 13.1. The van der Waals surface area contributed by atoms with Gasteiger partial charge in [0.2, 0.25) is 0 Å². The maximum atomic E-state index is 5.21. The van der Waals surface area contributed by atoms with Crippen molar-refractivity contribution in [1.82, 2.24) is 14.5 Å². The molecule has 0 aliphatic rings. The minimum absolute atomic E-state index is 0.952. The number of hydrogen-bond donors (Lipinski definition) is 0. The first-order valence-corrected chi connectivity index (χ1v) is 18.3. The number of fused-ring (bicyclic) bond motifs is 4. The van der Waals surface area contributed by atoms with Gasteiger partial charge in [-0.25, -0.2) is 4.98 Å². The van der Waals surface area contributed by atoms with Crippen molar-refractivity contribution in [2.75, 3.05) is 0 Å². The first-order chi connectivity index (χ1) is 25.8. The third-order valence-electron chi connectivity index (χ3n) is 9.90. The molecule has 0 fully saturated rings. The van der Waals surface area contributed by atoms with E-state index in [1.165, 1.54) is 37.7 Å². The molecule has 0 N–H and O–H groups in total. The van der Waals surface area contributed by atoms with Gasteiger partial charge in [0.15, 0.2) is 0 Å². The quantitative estimate of drug-likeness (QED) is 0.175. The van der Waals surface area contributed by atoms with Crippen molar-refractivity contribution >= 4 is 43.4 Å². The standard InChI is InChI=1S/C48H31N3S/c1-3-12-32(13-4-1)34-21-23-35(24-22-34)39-30-41-40-29-36(33-14-5-2-6-15-33)25-26-45(40)51(38-17-11-16-37(28-38)43-18-9-10-27-49-43)46(41)31-42(39)48-50-44-19-7-8-20-47(44)52-48/h1-31H. The monoisotopic (exact) mass is 681 g/mol. The van der Waals surface area contributed by atoms with Crippen LogP contribution in [0.4, 0.5) is 0 Å². The van der Waals surface area contributed by atoms with Crippen molar-refractivity contribution in [3.63, 3.8) is 0 Å². The second-order valence-electron chi connectivity index (χ2n) is 13.0. The summed E-state index contributed by atoms with van der Waals surface area (Å²) in [6.45, 7) is 0. The van der Waals surface area contributed by atoms with Crippen LogP contribution in [0.1, 0.15) is 0 Å². The first-order valence-electron chi connectivity index (χ1n) is 17.5. The van der Waals surface area contributed by atoms with E-state index < -0.39 is 0 Å². The number of pyridine rings is 1. The second-order valence-corrected chi connectivity index (χ2v) is 14.1. The first kappa shape index (κ1) is 30.2. The third-order valence-corrected chi connectivity index (χ3v) is 11.0. The summed E-state index contributed by atoms with van der Waals surface area (Å²) in [6.07, 6.45) is 1.85. The summed E-state index contributed by atoms with van der Waals surface area (Å²) in [5.74, 6) is 0. The average molecular weight is 682 g/mol. The number of nitrogens with zero attached hydrogens (tertiary/aromatic N) is 3. The van der Waals surface area contributed by atoms with E-state index in [0.717, 1.165) is 55.2 Å². The molecule has 0 unspecified atom stereocenters. The van der Waals surface area contributed by atoms with Gasteiger partial charge >= 0.3 is 0 Å². The van der Waals surface area contributed by atoms with E-state index in [-0.39, 0.29) is 0 Å². The summed E-state index contributed by atoms with van der Waals surface area (Å²) in [5.41, 5.74) is 14.7. The molecule has 0 bridgehead atoms. The Morgan fingerprint density at radius 2 is 1.08 bits per heavy atom. The molecule has 3 heterocycles. The minimum Gasteiger partial charge on any atom is -0.309 e. The second kappa shape index (κ2) is 12.6. The topological polar surface area (TPSA) is 30.7 Å². The van der Waals surface area contributed by atoms with Crippen molar-refractivity contribution in [2.45, 2.75) is 0 Å². The van der Waals surface area contributed by atoms with E-state index in [4.69, 9.17) is 4.98 Å². The zero-order valence-corrected chi connectivity index (χ0v) is 29.0. The van der Waals surface area contributed by atoms with Gasteiger partial charge in [0, 0.05) is 33.8 Å². The smallest absolute Gasteiger partial charge is 0.125 e. The molecule has 0 saturated heterocycles. The van der Waals surface area contributed by atoms with E-state index in [9.17, 15) is 0 Å². The number of hydrogen-bond acceptors (Lipinski definition) is 3. The van der Waals surface area contributed by atoms with Crippen LogP contribution < -0.4 is 0 Å². The largest absolute Gasteiger partial charge is 0.309 e. The molecule has 0 spiro atoms. The van der Waals surface area contributed by atoms with Gasteiger partial charge in [-0.05, 0) is 94.0 Å². The van der Waals surface area contributed by atoms with Crippen LogP contribution in [0, 0.1) is 0 Å². The zero-order chi connectivity index (χ0) is 34.4. The van der Waals surface area contributed by atoms with Gasteiger partial charge in [-0.15, -0.1) is 11.3 Å². The van der Waals surface area contributed by atoms with Gasteiger partial charge in [-0.2, -0.15) is 0 Å². The normalized spacial score (nSPS) is 11.5. The number of thiazole rings is 1. The molecular weight excluding hydrogens is 651 g/mol. The van der Waals surface area contributed by atoms with E-state index >= 15 is 0 Å². The summed E-state index contributed by atoms with van der Waals surface area (Å²) in [6, 6.07) is 65.0. The third kappa shape index (κ3) is 5.29. The molecule has 0 radical (unpaired) electrons. The fourth-order valence-electron chi connectivity index (χ4n) is 7.37. The molecule has 3 aromatic heterocycles. The van der Waals surface area contributed by atoms with E-state index in [1.54, 1.807) is 11.3 Å². The van der Waals surface area contributed by atoms with Gasteiger partial charge in [-0.1, -0.05) is 121 Å². The molecule has 52 heavy (non-hydrogen) atoms. The van der Waals surface area contributed by atoms with Crippen LogP contribution in [0.25, 0.3) is 92.9 Å². The molecule has 10 rings (SSSR count). The van der Waals surface area contributed by atoms with Gasteiger partial charge in [0.05, 0.1) is 26.9 Å². The van der Waals surface area contributed by atoms with Crippen molar-refractivity contribution < 1.29 is 0 Å². The van der Waals surface area contributed by atoms with E-state index in [0.29, 0.717) is 0 Å². The van der Waals surface area contributed by atoms with Gasteiger partial charge in [0.25, 0.3) is 0 Å². The Kier molecular flexibility index (Phi) is 7.33. The lowest BCUT2D eigenvalue weighted by Gasteiger charge is -2.13. The average Bonchev–Trinajstić information content (AvgIpc) is 3.80. The van der Waals surface area contributed by atoms with Crippen LogP contribution in [-0.2, 0) is 0 Å². The minimum atomic E-state index is 0.952. The summed E-state index contributed by atoms with van der Waals surface area (Å²) in [7, 11) is 0. The molecule has 7 aromatic carbocycles. The lowest BCUT2D eigenvalue weighted by Crippen LogP contribution is -1.96. The summed E-state index contributed by atoms with van der Waals surface area (Å²) in [5, 5.41) is 3.41. The summed E-state index contributed by atoms with van der Waals surface area (Å²) >= 11 is 1.75. The summed E-state index contributed by atoms with van der Waals surface area (Å²) < 4.78 is 3.59. The highest BCUT2D eigenvalue weighted by molar-refractivity contribution is 7.21. The Balaban J connectivity index is 1.26. The number of aromatic nitrogens is 3. The maximum Gasteiger partial charge on any atom is 0.125 e. The molecule has 0 saturated carbocycles. The van der Waals surface area contributed by atoms with Gasteiger partial charge in [-0.3, -0.25) is 4.98 Å². The van der Waals surface area contributed by atoms with E-state index in [2.05, 4.69) is 179 Å². The molecule has 0 atom stereocenters. The van der Waals surface area contributed by atoms with E-state index in [1.807, 2.05) is 18.3 Å². The van der Waals surface area contributed by atoms with Gasteiger partial charge in [0.1, 0.15) is 5.01 Å². The molecule has 244 valence electrons. The molecule has 4 heteroatoms. The SMILES string of the molecule is c1ccc(-c2ccc(-c3cc4c5cc(-c6ccccc6)ccc5n(-c5cccc(-c6ccccn6)c5)c4cc3-c3nc4ccccc4s3)cc2)cc1. The Labute approximate surface area is 305 Å². The Morgan fingerprint density at radius 1 is 0.423 bits per heavy atom. The molecular formula is C48H31N3S. The lowest BCUT2D eigenvalue weighted by atomic mass is 9.95. The van der Waals surface area contributed by atoms with Crippen molar-refractivity contribution in [2.24, 2.45) is 0 Å². The number of para-hydroxylation sites is 1. The zero-order valence-electron chi connectivity index (χ0n) is 28.1. The van der Waals surface area contributed by atoms with Crippen LogP contribution in [0.2, 0.25) is 0 Å². The lowest BCUT2D eigenvalue weighted by molar-refractivity contribution is 1.18. The highest BCUT2D eigenvalue weighted by Gasteiger charge is 2.20. The molecule has 3 nitrogen and oxygen atoms in total. The highest BCUT2D eigenvalue weighted by Crippen LogP contribution is 2.44. The molecule has 0 amide bonds. The molecule has 0 aliphatic carbocycles. The predicted molar refractivity (Wildman–Crippen MR) is 219 cm³/mol. The van der Waals surface area contributed by atoms with Crippen LogP contribution >= 0.6 is 11.3 Å². The summed E-state index contributed by atoms with van der Waals surface area (Å²) in [4.78, 5) is 9.88.